The number of carbonyl (C=O) groups excluding carboxylic acids is 1. The van der Waals surface area contributed by atoms with Gasteiger partial charge in [-0.1, -0.05) is 11.8 Å². The molecule has 0 radical (unpaired) electrons. The van der Waals surface area contributed by atoms with Crippen LogP contribution < -0.4 is 5.73 Å². The first-order valence-corrected chi connectivity index (χ1v) is 5.76. The summed E-state index contributed by atoms with van der Waals surface area (Å²) >= 11 is 1.12. The minimum atomic E-state index is -0.434. The van der Waals surface area contributed by atoms with Crippen molar-refractivity contribution in [3.05, 3.63) is 36.3 Å². The largest absolute Gasteiger partial charge is 0.431 e. The Morgan fingerprint density at radius 1 is 1.41 bits per heavy atom. The standard InChI is InChI=1S/C11H9FN2O2S/c12-8-3-1-7(2-4-8)9-5-14-11(16-9)17-6-10(13)15/h1-5H,6H2,(H2,13,15). The summed E-state index contributed by atoms with van der Waals surface area (Å²) in [5.74, 6) is -0.103. The highest BCUT2D eigenvalue weighted by atomic mass is 32.2. The molecular weight excluding hydrogens is 243 g/mol. The quantitative estimate of drug-likeness (QED) is 0.845. The summed E-state index contributed by atoms with van der Waals surface area (Å²) in [5, 5.41) is 0.364. The zero-order valence-corrected chi connectivity index (χ0v) is 9.54. The van der Waals surface area contributed by atoms with E-state index in [-0.39, 0.29) is 11.6 Å². The van der Waals surface area contributed by atoms with Gasteiger partial charge in [0.05, 0.1) is 11.9 Å². The molecule has 1 heterocycles. The van der Waals surface area contributed by atoms with Crippen molar-refractivity contribution in [1.29, 1.82) is 0 Å². The molecule has 0 aliphatic rings. The van der Waals surface area contributed by atoms with Crippen LogP contribution in [0.15, 0.2) is 40.1 Å². The molecule has 0 bridgehead atoms. The number of hydrogen-bond acceptors (Lipinski definition) is 4. The van der Waals surface area contributed by atoms with Gasteiger partial charge in [-0.05, 0) is 24.3 Å². The molecule has 2 aromatic rings. The van der Waals surface area contributed by atoms with Crippen molar-refractivity contribution in [2.24, 2.45) is 5.73 Å². The van der Waals surface area contributed by atoms with Gasteiger partial charge in [0.1, 0.15) is 5.82 Å². The maximum Gasteiger partial charge on any atom is 0.256 e. The Labute approximate surface area is 101 Å². The highest BCUT2D eigenvalue weighted by Crippen LogP contribution is 2.25. The van der Waals surface area contributed by atoms with E-state index in [9.17, 15) is 9.18 Å². The Kier molecular flexibility index (Phi) is 3.43. The highest BCUT2D eigenvalue weighted by molar-refractivity contribution is 7.99. The van der Waals surface area contributed by atoms with Gasteiger partial charge in [-0.3, -0.25) is 4.79 Å². The Balaban J connectivity index is 2.12. The highest BCUT2D eigenvalue weighted by Gasteiger charge is 2.08. The molecule has 6 heteroatoms. The number of halogens is 1. The molecule has 0 aliphatic heterocycles. The number of primary amides is 1. The molecule has 0 atom stereocenters. The smallest absolute Gasteiger partial charge is 0.256 e. The predicted octanol–water partition coefficient (Wildman–Crippen LogP) is 2.06. The topological polar surface area (TPSA) is 69.1 Å². The number of nitrogens with zero attached hydrogens (tertiary/aromatic N) is 1. The van der Waals surface area contributed by atoms with E-state index < -0.39 is 5.91 Å². The van der Waals surface area contributed by atoms with Gasteiger partial charge in [0.2, 0.25) is 5.91 Å². The van der Waals surface area contributed by atoms with Gasteiger partial charge in [0.25, 0.3) is 5.22 Å². The average molecular weight is 252 g/mol. The minimum absolute atomic E-state index is 0.114. The summed E-state index contributed by atoms with van der Waals surface area (Å²) in [6.45, 7) is 0. The van der Waals surface area contributed by atoms with Crippen LogP contribution in [0, 0.1) is 5.82 Å². The van der Waals surface area contributed by atoms with Crippen molar-refractivity contribution in [3.8, 4) is 11.3 Å². The summed E-state index contributed by atoms with van der Waals surface area (Å²) < 4.78 is 18.1. The van der Waals surface area contributed by atoms with Crippen molar-refractivity contribution in [2.45, 2.75) is 5.22 Å². The molecule has 1 aromatic carbocycles. The van der Waals surface area contributed by atoms with E-state index in [0.717, 1.165) is 17.3 Å². The fourth-order valence-electron chi connectivity index (χ4n) is 1.21. The van der Waals surface area contributed by atoms with Crippen LogP contribution in [-0.4, -0.2) is 16.6 Å². The Morgan fingerprint density at radius 2 is 2.12 bits per heavy atom. The lowest BCUT2D eigenvalue weighted by Gasteiger charge is -1.95. The summed E-state index contributed by atoms with van der Waals surface area (Å²) in [7, 11) is 0. The van der Waals surface area contributed by atoms with E-state index in [0.29, 0.717) is 11.0 Å². The fourth-order valence-corrected chi connectivity index (χ4v) is 1.75. The van der Waals surface area contributed by atoms with E-state index in [4.69, 9.17) is 10.2 Å². The lowest BCUT2D eigenvalue weighted by Crippen LogP contribution is -2.12. The minimum Gasteiger partial charge on any atom is -0.431 e. The summed E-state index contributed by atoms with van der Waals surface area (Å²) in [5.41, 5.74) is 5.73. The third-order valence-corrected chi connectivity index (χ3v) is 2.82. The zero-order chi connectivity index (χ0) is 12.3. The first kappa shape index (κ1) is 11.7. The normalized spacial score (nSPS) is 10.4. The third kappa shape index (κ3) is 3.07. The van der Waals surface area contributed by atoms with Gasteiger partial charge in [-0.15, -0.1) is 0 Å². The maximum atomic E-state index is 12.7. The fraction of sp³-hybridized carbons (Fsp3) is 0.0909. The summed E-state index contributed by atoms with van der Waals surface area (Å²) in [6, 6.07) is 5.87. The van der Waals surface area contributed by atoms with E-state index in [1.54, 1.807) is 12.1 Å². The number of nitrogens with two attached hydrogens (primary N) is 1. The van der Waals surface area contributed by atoms with E-state index in [1.807, 2.05) is 0 Å². The molecule has 17 heavy (non-hydrogen) atoms. The number of oxazole rings is 1. The van der Waals surface area contributed by atoms with Gasteiger partial charge < -0.3 is 10.2 Å². The van der Waals surface area contributed by atoms with Gasteiger partial charge in [0.15, 0.2) is 5.76 Å². The van der Waals surface area contributed by atoms with E-state index in [1.165, 1.54) is 18.3 Å². The SMILES string of the molecule is NC(=O)CSc1ncc(-c2ccc(F)cc2)o1. The van der Waals surface area contributed by atoms with Crippen LogP contribution in [0.2, 0.25) is 0 Å². The number of aromatic nitrogens is 1. The first-order chi connectivity index (χ1) is 8.15. The molecule has 2 rings (SSSR count). The van der Waals surface area contributed by atoms with Crippen LogP contribution in [0.1, 0.15) is 0 Å². The number of benzene rings is 1. The lowest BCUT2D eigenvalue weighted by molar-refractivity contribution is -0.115. The lowest BCUT2D eigenvalue weighted by atomic mass is 10.2. The van der Waals surface area contributed by atoms with Crippen LogP contribution >= 0.6 is 11.8 Å². The van der Waals surface area contributed by atoms with Gasteiger partial charge in [-0.25, -0.2) is 9.37 Å². The Hall–Kier alpha value is -1.82. The number of rotatable bonds is 4. The predicted molar refractivity (Wildman–Crippen MR) is 61.8 cm³/mol. The van der Waals surface area contributed by atoms with Crippen molar-refractivity contribution < 1.29 is 13.6 Å². The molecular formula is C11H9FN2O2S. The van der Waals surface area contributed by atoms with Crippen LogP contribution in [-0.2, 0) is 4.79 Å². The molecule has 0 fully saturated rings. The molecule has 0 aliphatic carbocycles. The molecule has 1 amide bonds. The monoisotopic (exact) mass is 252 g/mol. The van der Waals surface area contributed by atoms with Crippen LogP contribution in [0.5, 0.6) is 0 Å². The average Bonchev–Trinajstić information content (AvgIpc) is 2.76. The molecule has 0 spiro atoms. The molecule has 0 saturated heterocycles. The van der Waals surface area contributed by atoms with Crippen molar-refractivity contribution in [1.82, 2.24) is 4.98 Å². The molecule has 0 saturated carbocycles. The van der Waals surface area contributed by atoms with Crippen LogP contribution in [0.25, 0.3) is 11.3 Å². The number of thioether (sulfide) groups is 1. The third-order valence-electron chi connectivity index (χ3n) is 1.95. The summed E-state index contributed by atoms with van der Waals surface area (Å²) in [4.78, 5) is 14.6. The molecule has 1 aromatic heterocycles. The van der Waals surface area contributed by atoms with E-state index in [2.05, 4.69) is 4.98 Å². The maximum absolute atomic E-state index is 12.7. The molecule has 4 nitrogen and oxygen atoms in total. The van der Waals surface area contributed by atoms with E-state index >= 15 is 0 Å². The number of carbonyl (C=O) groups is 1. The first-order valence-electron chi connectivity index (χ1n) is 4.78. The zero-order valence-electron chi connectivity index (χ0n) is 8.72. The van der Waals surface area contributed by atoms with Gasteiger partial charge in [-0.2, -0.15) is 0 Å². The second-order valence-corrected chi connectivity index (χ2v) is 4.18. The van der Waals surface area contributed by atoms with Gasteiger partial charge in [0, 0.05) is 5.56 Å². The van der Waals surface area contributed by atoms with Crippen LogP contribution in [0.4, 0.5) is 4.39 Å². The van der Waals surface area contributed by atoms with Crippen molar-refractivity contribution >= 4 is 17.7 Å². The van der Waals surface area contributed by atoms with Gasteiger partial charge >= 0.3 is 0 Å². The second kappa shape index (κ2) is 5.01. The van der Waals surface area contributed by atoms with Crippen molar-refractivity contribution in [2.75, 3.05) is 5.75 Å². The second-order valence-electron chi connectivity index (χ2n) is 3.25. The number of amides is 1. The molecule has 88 valence electrons. The Bertz CT molecular complexity index is 525. The Morgan fingerprint density at radius 3 is 2.76 bits per heavy atom. The van der Waals surface area contributed by atoms with Crippen LogP contribution in [0.3, 0.4) is 0 Å². The number of hydrogen-bond donors (Lipinski definition) is 1. The summed E-state index contributed by atoms with van der Waals surface area (Å²) in [6.07, 6.45) is 1.52. The van der Waals surface area contributed by atoms with Crippen molar-refractivity contribution in [3.63, 3.8) is 0 Å². The molecule has 0 unspecified atom stereocenters. The molecule has 2 N–H and O–H groups in total.